The van der Waals surface area contributed by atoms with Crippen molar-refractivity contribution in [1.82, 2.24) is 4.90 Å². The topological polar surface area (TPSA) is 40.5 Å². The molecular weight excluding hydrogens is 154 g/mol. The summed E-state index contributed by atoms with van der Waals surface area (Å²) in [6.45, 7) is 5.00. The molecule has 0 aromatic rings. The highest BCUT2D eigenvalue weighted by atomic mass is 16.4. The molecule has 70 valence electrons. The van der Waals surface area contributed by atoms with E-state index in [1.807, 2.05) is 20.9 Å². The van der Waals surface area contributed by atoms with Gasteiger partial charge in [-0.1, -0.05) is 13.8 Å². The first-order valence-corrected chi connectivity index (χ1v) is 4.47. The Morgan fingerprint density at radius 3 is 2.25 bits per heavy atom. The zero-order valence-electron chi connectivity index (χ0n) is 7.95. The number of carboxylic acids is 1. The van der Waals surface area contributed by atoms with Crippen LogP contribution in [0.1, 0.15) is 20.3 Å². The molecule has 3 heteroatoms. The van der Waals surface area contributed by atoms with Crippen LogP contribution in [-0.2, 0) is 4.79 Å². The number of carboxylic acid groups (broad SMARTS) is 1. The molecule has 0 aliphatic carbocycles. The van der Waals surface area contributed by atoms with Gasteiger partial charge in [-0.3, -0.25) is 4.79 Å². The van der Waals surface area contributed by atoms with E-state index in [1.54, 1.807) is 0 Å². The summed E-state index contributed by atoms with van der Waals surface area (Å²) in [7, 11) is 1.99. The van der Waals surface area contributed by atoms with Gasteiger partial charge in [-0.2, -0.15) is 0 Å². The van der Waals surface area contributed by atoms with E-state index in [-0.39, 0.29) is 17.9 Å². The van der Waals surface area contributed by atoms with Gasteiger partial charge in [0.15, 0.2) is 0 Å². The first kappa shape index (κ1) is 9.52. The van der Waals surface area contributed by atoms with E-state index in [0.717, 1.165) is 13.0 Å². The molecule has 2 unspecified atom stereocenters. The summed E-state index contributed by atoms with van der Waals surface area (Å²) in [6, 6.07) is 0.266. The molecule has 3 nitrogen and oxygen atoms in total. The number of likely N-dealkylation sites (tertiary alicyclic amines) is 1. The van der Waals surface area contributed by atoms with Crippen molar-refractivity contribution in [3.8, 4) is 0 Å². The van der Waals surface area contributed by atoms with E-state index in [1.165, 1.54) is 0 Å². The molecule has 1 fully saturated rings. The first-order chi connectivity index (χ1) is 5.54. The number of rotatable bonds is 3. The van der Waals surface area contributed by atoms with Crippen LogP contribution in [0.2, 0.25) is 0 Å². The Morgan fingerprint density at radius 1 is 1.58 bits per heavy atom. The van der Waals surface area contributed by atoms with Crippen molar-refractivity contribution >= 4 is 5.97 Å². The number of aliphatic carboxylic acids is 1. The number of carbonyl (C=O) groups is 1. The fraction of sp³-hybridized carbons (Fsp3) is 0.889. The predicted molar refractivity (Wildman–Crippen MR) is 47.0 cm³/mol. The summed E-state index contributed by atoms with van der Waals surface area (Å²) in [4.78, 5) is 13.0. The second-order valence-electron chi connectivity index (χ2n) is 3.94. The molecule has 0 bridgehead atoms. The normalized spacial score (nSPS) is 26.8. The second-order valence-corrected chi connectivity index (χ2v) is 3.94. The Bertz CT molecular complexity index is 179. The lowest BCUT2D eigenvalue weighted by Crippen LogP contribution is -2.52. The van der Waals surface area contributed by atoms with Gasteiger partial charge in [0.25, 0.3) is 0 Å². The van der Waals surface area contributed by atoms with E-state index >= 15 is 0 Å². The highest BCUT2D eigenvalue weighted by molar-refractivity contribution is 5.71. The van der Waals surface area contributed by atoms with Crippen LogP contribution in [0.25, 0.3) is 0 Å². The van der Waals surface area contributed by atoms with Gasteiger partial charge in [0, 0.05) is 6.04 Å². The first-order valence-electron chi connectivity index (χ1n) is 4.47. The SMILES string of the molecule is CC(C)C(C(=O)O)C1CCN1C. The summed E-state index contributed by atoms with van der Waals surface area (Å²) in [5.41, 5.74) is 0. The molecular formula is C9H17NO2. The molecule has 2 atom stereocenters. The molecule has 0 aromatic heterocycles. The molecule has 1 heterocycles. The van der Waals surface area contributed by atoms with Gasteiger partial charge in [0.05, 0.1) is 5.92 Å². The van der Waals surface area contributed by atoms with Crippen molar-refractivity contribution in [2.45, 2.75) is 26.3 Å². The number of hydrogen-bond acceptors (Lipinski definition) is 2. The maximum Gasteiger partial charge on any atom is 0.308 e. The standard InChI is InChI=1S/C9H17NO2/c1-6(2)8(9(11)12)7-4-5-10(7)3/h6-8H,4-5H2,1-3H3,(H,11,12). The molecule has 0 amide bonds. The van der Waals surface area contributed by atoms with Crippen LogP contribution in [0, 0.1) is 11.8 Å². The monoisotopic (exact) mass is 171 g/mol. The third-order valence-electron chi connectivity index (χ3n) is 2.76. The predicted octanol–water partition coefficient (Wildman–Crippen LogP) is 1.05. The molecule has 0 saturated carbocycles. The maximum atomic E-state index is 10.9. The van der Waals surface area contributed by atoms with Gasteiger partial charge < -0.3 is 10.0 Å². The molecule has 1 N–H and O–H groups in total. The van der Waals surface area contributed by atoms with Crippen molar-refractivity contribution in [3.63, 3.8) is 0 Å². The molecule has 0 spiro atoms. The smallest absolute Gasteiger partial charge is 0.308 e. The average Bonchev–Trinajstić information content (AvgIpc) is 1.95. The Morgan fingerprint density at radius 2 is 2.17 bits per heavy atom. The molecule has 0 radical (unpaired) electrons. The minimum Gasteiger partial charge on any atom is -0.481 e. The van der Waals surface area contributed by atoms with Crippen molar-refractivity contribution in [2.75, 3.05) is 13.6 Å². The number of hydrogen-bond donors (Lipinski definition) is 1. The Balaban J connectivity index is 2.59. The van der Waals surface area contributed by atoms with Crippen LogP contribution < -0.4 is 0 Å². The summed E-state index contributed by atoms with van der Waals surface area (Å²) < 4.78 is 0. The lowest BCUT2D eigenvalue weighted by atomic mass is 9.82. The third-order valence-corrected chi connectivity index (χ3v) is 2.76. The van der Waals surface area contributed by atoms with Crippen LogP contribution in [0.4, 0.5) is 0 Å². The van der Waals surface area contributed by atoms with Crippen molar-refractivity contribution in [2.24, 2.45) is 11.8 Å². The van der Waals surface area contributed by atoms with Gasteiger partial charge in [-0.05, 0) is 25.9 Å². The largest absolute Gasteiger partial charge is 0.481 e. The maximum absolute atomic E-state index is 10.9. The lowest BCUT2D eigenvalue weighted by molar-refractivity contribution is -0.148. The van der Waals surface area contributed by atoms with Crippen molar-refractivity contribution < 1.29 is 9.90 Å². The van der Waals surface area contributed by atoms with E-state index < -0.39 is 5.97 Å². The number of nitrogens with zero attached hydrogens (tertiary/aromatic N) is 1. The zero-order valence-corrected chi connectivity index (χ0v) is 7.95. The summed E-state index contributed by atoms with van der Waals surface area (Å²) in [5.74, 6) is -0.611. The van der Waals surface area contributed by atoms with Crippen molar-refractivity contribution in [1.29, 1.82) is 0 Å². The minimum atomic E-state index is -0.651. The van der Waals surface area contributed by atoms with E-state index in [4.69, 9.17) is 5.11 Å². The highest BCUT2D eigenvalue weighted by Crippen LogP contribution is 2.28. The lowest BCUT2D eigenvalue weighted by Gasteiger charge is -2.42. The Labute approximate surface area is 73.4 Å². The fourth-order valence-corrected chi connectivity index (χ4v) is 1.88. The van der Waals surface area contributed by atoms with Gasteiger partial charge in [-0.15, -0.1) is 0 Å². The molecule has 1 aliphatic heterocycles. The Hall–Kier alpha value is -0.570. The fourth-order valence-electron chi connectivity index (χ4n) is 1.88. The molecule has 0 aromatic carbocycles. The van der Waals surface area contributed by atoms with Crippen LogP contribution in [0.3, 0.4) is 0 Å². The van der Waals surface area contributed by atoms with Gasteiger partial charge in [0.2, 0.25) is 0 Å². The van der Waals surface area contributed by atoms with Crippen LogP contribution in [0.5, 0.6) is 0 Å². The molecule has 12 heavy (non-hydrogen) atoms. The van der Waals surface area contributed by atoms with Gasteiger partial charge in [0.1, 0.15) is 0 Å². The third kappa shape index (κ3) is 1.61. The second kappa shape index (κ2) is 3.44. The molecule has 1 aliphatic rings. The minimum absolute atomic E-state index is 0.191. The molecule has 1 saturated heterocycles. The van der Waals surface area contributed by atoms with E-state index in [2.05, 4.69) is 4.90 Å². The van der Waals surface area contributed by atoms with E-state index in [9.17, 15) is 4.79 Å². The van der Waals surface area contributed by atoms with Gasteiger partial charge in [-0.25, -0.2) is 0 Å². The van der Waals surface area contributed by atoms with Crippen molar-refractivity contribution in [3.05, 3.63) is 0 Å². The highest BCUT2D eigenvalue weighted by Gasteiger charge is 2.38. The average molecular weight is 171 g/mol. The summed E-state index contributed by atoms with van der Waals surface area (Å²) in [6.07, 6.45) is 1.03. The van der Waals surface area contributed by atoms with Crippen LogP contribution in [0.15, 0.2) is 0 Å². The summed E-state index contributed by atoms with van der Waals surface area (Å²) >= 11 is 0. The quantitative estimate of drug-likeness (QED) is 0.690. The Kier molecular flexibility index (Phi) is 2.73. The molecule has 1 rings (SSSR count). The van der Waals surface area contributed by atoms with E-state index in [0.29, 0.717) is 0 Å². The van der Waals surface area contributed by atoms with Gasteiger partial charge >= 0.3 is 5.97 Å². The summed E-state index contributed by atoms with van der Waals surface area (Å²) in [5, 5.41) is 8.97. The van der Waals surface area contributed by atoms with Crippen LogP contribution >= 0.6 is 0 Å². The zero-order chi connectivity index (χ0) is 9.30. The van der Waals surface area contributed by atoms with Crippen LogP contribution in [-0.4, -0.2) is 35.6 Å².